The molecular weight excluding hydrogens is 520 g/mol. The Morgan fingerprint density at radius 3 is 1.56 bits per heavy atom. The fourth-order valence-electron chi connectivity index (χ4n) is 6.41. The monoisotopic (exact) mass is 552 g/mol. The molecule has 0 spiro atoms. The summed E-state index contributed by atoms with van der Waals surface area (Å²) in [6.07, 6.45) is 0. The first-order chi connectivity index (χ1) is 23.8. The van der Waals surface area contributed by atoms with Crippen molar-refractivity contribution in [3.05, 3.63) is 158 Å². The van der Waals surface area contributed by atoms with Gasteiger partial charge in [-0.15, -0.1) is 0 Å². The molecule has 0 aliphatic rings. The van der Waals surface area contributed by atoms with E-state index in [1.54, 1.807) is 0 Å². The molecule has 0 N–H and O–H groups in total. The van der Waals surface area contributed by atoms with Gasteiger partial charge in [-0.2, -0.15) is 0 Å². The van der Waals surface area contributed by atoms with E-state index in [1.807, 2.05) is 48.5 Å². The third-order valence-corrected chi connectivity index (χ3v) is 8.36. The Morgan fingerprint density at radius 1 is 0.395 bits per heavy atom. The Balaban J connectivity index is 1.32. The molecule has 200 valence electrons. The molecule has 0 aliphatic heterocycles. The van der Waals surface area contributed by atoms with Crippen LogP contribution in [0.3, 0.4) is 0 Å². The van der Waals surface area contributed by atoms with Crippen molar-refractivity contribution in [1.82, 2.24) is 0 Å². The van der Waals surface area contributed by atoms with Gasteiger partial charge in [-0.05, 0) is 89.9 Å². The van der Waals surface area contributed by atoms with E-state index in [1.165, 1.54) is 5.56 Å². The molecule has 8 aromatic carbocycles. The molecule has 43 heavy (non-hydrogen) atoms. The minimum Gasteiger partial charge on any atom is -0.456 e. The smallest absolute Gasteiger partial charge is 0.136 e. The van der Waals surface area contributed by atoms with Crippen LogP contribution in [0.4, 0.5) is 0 Å². The molecule has 0 saturated heterocycles. The maximum Gasteiger partial charge on any atom is 0.136 e. The summed E-state index contributed by atoms with van der Waals surface area (Å²) in [5, 5.41) is 5.36. The van der Waals surface area contributed by atoms with E-state index in [-0.39, 0.29) is 40.5 Å². The molecule has 0 amide bonds. The summed E-state index contributed by atoms with van der Waals surface area (Å²) in [5.41, 5.74) is 7.16. The van der Waals surface area contributed by atoms with E-state index < -0.39 is 12.1 Å². The summed E-state index contributed by atoms with van der Waals surface area (Å²) in [5.74, 6) is 0. The Hall–Kier alpha value is -5.66. The lowest BCUT2D eigenvalue weighted by molar-refractivity contribution is 0.669. The van der Waals surface area contributed by atoms with E-state index in [0.717, 1.165) is 49.4 Å². The summed E-state index contributed by atoms with van der Waals surface area (Å²) >= 11 is 0. The van der Waals surface area contributed by atoms with Gasteiger partial charge >= 0.3 is 0 Å². The molecular formula is C42H26O. The van der Waals surface area contributed by atoms with Crippen LogP contribution in [-0.2, 0) is 0 Å². The maximum absolute atomic E-state index is 9.17. The summed E-state index contributed by atoms with van der Waals surface area (Å²) < 4.78 is 57.7. The van der Waals surface area contributed by atoms with Crippen molar-refractivity contribution < 1.29 is 12.6 Å². The average Bonchev–Trinajstić information content (AvgIpc) is 3.53. The number of furan rings is 1. The standard InChI is InChI=1S/C42H26O/c1-2-10-27(11-3-1)28-18-20-29(21-19-28)41-33-14-6-8-16-35(33)42(36-17-9-7-15-34(36)41)32-22-23-39-37(25-32)38-24-30-12-4-5-13-31(30)26-40(38)43-39/h1-26H/i4D,5D,12D,13D,24D,26D. The van der Waals surface area contributed by atoms with E-state index in [9.17, 15) is 1.37 Å². The second-order valence-corrected chi connectivity index (χ2v) is 10.8. The highest BCUT2D eigenvalue weighted by atomic mass is 16.3. The molecule has 1 nitrogen and oxygen atoms in total. The van der Waals surface area contributed by atoms with Crippen molar-refractivity contribution in [1.29, 1.82) is 0 Å². The van der Waals surface area contributed by atoms with Crippen LogP contribution >= 0.6 is 0 Å². The van der Waals surface area contributed by atoms with Crippen molar-refractivity contribution >= 4 is 54.3 Å². The molecule has 0 radical (unpaired) electrons. The van der Waals surface area contributed by atoms with Gasteiger partial charge in [-0.3, -0.25) is 0 Å². The van der Waals surface area contributed by atoms with Crippen LogP contribution in [0.15, 0.2) is 162 Å². The van der Waals surface area contributed by atoms with E-state index in [0.29, 0.717) is 16.4 Å². The Kier molecular flexibility index (Phi) is 4.11. The van der Waals surface area contributed by atoms with Crippen LogP contribution in [0.1, 0.15) is 8.22 Å². The summed E-state index contributed by atoms with van der Waals surface area (Å²) in [4.78, 5) is 0. The van der Waals surface area contributed by atoms with Gasteiger partial charge in [0.25, 0.3) is 0 Å². The fraction of sp³-hybridized carbons (Fsp3) is 0. The van der Waals surface area contributed by atoms with Crippen molar-refractivity contribution in [3.8, 4) is 33.4 Å². The zero-order valence-electron chi connectivity index (χ0n) is 29.0. The van der Waals surface area contributed by atoms with Crippen LogP contribution in [0.5, 0.6) is 0 Å². The third-order valence-electron chi connectivity index (χ3n) is 8.36. The van der Waals surface area contributed by atoms with Crippen molar-refractivity contribution in [2.75, 3.05) is 0 Å². The number of benzene rings is 8. The number of hydrogen-bond donors (Lipinski definition) is 0. The lowest BCUT2D eigenvalue weighted by atomic mass is 9.85. The average molecular weight is 553 g/mol. The number of hydrogen-bond acceptors (Lipinski definition) is 1. The number of rotatable bonds is 3. The molecule has 1 heteroatoms. The predicted octanol–water partition coefficient (Wildman–Crippen LogP) is 12.0. The fourth-order valence-corrected chi connectivity index (χ4v) is 6.41. The van der Waals surface area contributed by atoms with E-state index in [2.05, 4.69) is 72.8 Å². The molecule has 9 rings (SSSR count). The highest BCUT2D eigenvalue weighted by Crippen LogP contribution is 2.45. The molecule has 1 aromatic heterocycles. The molecule has 9 aromatic rings. The molecule has 1 heterocycles. The van der Waals surface area contributed by atoms with Crippen LogP contribution < -0.4 is 0 Å². The quantitative estimate of drug-likeness (QED) is 0.199. The highest BCUT2D eigenvalue weighted by Gasteiger charge is 2.18. The first-order valence-electron chi connectivity index (χ1n) is 17.3. The zero-order valence-corrected chi connectivity index (χ0v) is 23.0. The lowest BCUT2D eigenvalue weighted by Gasteiger charge is -2.18. The molecule has 0 bridgehead atoms. The van der Waals surface area contributed by atoms with Gasteiger partial charge in [-0.1, -0.05) is 133 Å². The third kappa shape index (κ3) is 3.79. The Bertz CT molecular complexity index is 2760. The molecule has 0 aliphatic carbocycles. The van der Waals surface area contributed by atoms with Crippen molar-refractivity contribution in [2.45, 2.75) is 0 Å². The van der Waals surface area contributed by atoms with E-state index in [4.69, 9.17) is 11.3 Å². The summed E-state index contributed by atoms with van der Waals surface area (Å²) in [6, 6.07) is 39.9. The van der Waals surface area contributed by atoms with Crippen LogP contribution in [0.25, 0.3) is 87.6 Å². The number of fused-ring (bicyclic) bond motifs is 6. The minimum absolute atomic E-state index is 0.00726. The molecule has 0 atom stereocenters. The van der Waals surface area contributed by atoms with Crippen LogP contribution in [0.2, 0.25) is 0 Å². The summed E-state index contributed by atoms with van der Waals surface area (Å²) in [6.45, 7) is 0. The Morgan fingerprint density at radius 2 is 0.907 bits per heavy atom. The molecule has 0 fully saturated rings. The highest BCUT2D eigenvalue weighted by molar-refractivity contribution is 6.22. The van der Waals surface area contributed by atoms with Gasteiger partial charge in [0.05, 0.1) is 8.22 Å². The molecule has 0 saturated carbocycles. The van der Waals surface area contributed by atoms with Crippen molar-refractivity contribution in [3.63, 3.8) is 0 Å². The summed E-state index contributed by atoms with van der Waals surface area (Å²) in [7, 11) is 0. The first kappa shape index (κ1) is 18.7. The van der Waals surface area contributed by atoms with Crippen molar-refractivity contribution in [2.24, 2.45) is 0 Å². The SMILES string of the molecule is [2H]c1c([2H])c([2H])c2c([2H])c3c(oc4ccc(-c5c6ccccc6c(-c6ccc(-c7ccccc7)cc6)c6ccccc56)cc43)c([2H])c2c1[2H]. The normalized spacial score (nSPS) is 13.7. The van der Waals surface area contributed by atoms with Gasteiger partial charge in [0.2, 0.25) is 0 Å². The van der Waals surface area contributed by atoms with Gasteiger partial charge in [-0.25, -0.2) is 0 Å². The lowest BCUT2D eigenvalue weighted by Crippen LogP contribution is -1.91. The van der Waals surface area contributed by atoms with Gasteiger partial charge in [0.1, 0.15) is 11.2 Å². The predicted molar refractivity (Wildman–Crippen MR) is 183 cm³/mol. The van der Waals surface area contributed by atoms with Crippen LogP contribution in [0, 0.1) is 0 Å². The van der Waals surface area contributed by atoms with E-state index >= 15 is 0 Å². The largest absolute Gasteiger partial charge is 0.456 e. The zero-order chi connectivity index (χ0) is 33.6. The van der Waals surface area contributed by atoms with Gasteiger partial charge in [0, 0.05) is 10.8 Å². The molecule has 0 unspecified atom stereocenters. The van der Waals surface area contributed by atoms with Gasteiger partial charge in [0.15, 0.2) is 0 Å². The maximum atomic E-state index is 9.17. The first-order valence-corrected chi connectivity index (χ1v) is 14.3. The van der Waals surface area contributed by atoms with Crippen LogP contribution in [-0.4, -0.2) is 0 Å². The second kappa shape index (κ2) is 9.44. The Labute approximate surface area is 257 Å². The minimum atomic E-state index is -0.433. The second-order valence-electron chi connectivity index (χ2n) is 10.8. The van der Waals surface area contributed by atoms with Gasteiger partial charge < -0.3 is 4.42 Å². The topological polar surface area (TPSA) is 13.1 Å².